The van der Waals surface area contributed by atoms with Crippen molar-refractivity contribution in [3.63, 3.8) is 0 Å². The van der Waals surface area contributed by atoms with Crippen molar-refractivity contribution in [2.75, 3.05) is 57.3 Å². The molecule has 2 heterocycles. The van der Waals surface area contributed by atoms with E-state index < -0.39 is 41.0 Å². The van der Waals surface area contributed by atoms with E-state index in [9.17, 15) is 31.1 Å². The zero-order chi connectivity index (χ0) is 30.6. The second kappa shape index (κ2) is 15.8. The van der Waals surface area contributed by atoms with Crippen LogP contribution in [-0.4, -0.2) is 84.0 Å². The SMILES string of the molecule is Cl.Cl.O=C(c1cc(C(F)(F)F)cc(C(F)(F)F)c1)N1CCN(CC#CCN2CCSCC2)C[C@H]1Cc1cccc2ccccc12. The lowest BCUT2D eigenvalue weighted by Crippen LogP contribution is -2.56. The highest BCUT2D eigenvalue weighted by Gasteiger charge is 2.39. The number of hydrogen-bond donors (Lipinski definition) is 0. The van der Waals surface area contributed by atoms with Gasteiger partial charge in [0.2, 0.25) is 0 Å². The van der Waals surface area contributed by atoms with E-state index >= 15 is 0 Å². The lowest BCUT2D eigenvalue weighted by molar-refractivity contribution is -0.143. The number of piperazine rings is 1. The van der Waals surface area contributed by atoms with E-state index in [2.05, 4.69) is 21.6 Å². The number of thioether (sulfide) groups is 1. The topological polar surface area (TPSA) is 26.8 Å². The minimum absolute atomic E-state index is 0. The maximum atomic E-state index is 13.7. The summed E-state index contributed by atoms with van der Waals surface area (Å²) in [5.41, 5.74) is -2.69. The predicted octanol–water partition coefficient (Wildman–Crippen LogP) is 7.14. The first-order valence-corrected chi connectivity index (χ1v) is 15.2. The molecule has 0 unspecified atom stereocenters. The Kier molecular flexibility index (Phi) is 12.9. The summed E-state index contributed by atoms with van der Waals surface area (Å²) in [5, 5.41) is 1.98. The Balaban J connectivity index is 0.00000276. The van der Waals surface area contributed by atoms with Gasteiger partial charge in [-0.3, -0.25) is 14.6 Å². The van der Waals surface area contributed by atoms with E-state index in [0.717, 1.165) is 40.9 Å². The molecule has 0 spiro atoms. The first kappa shape index (κ1) is 36.8. The zero-order valence-corrected chi connectivity index (χ0v) is 26.6. The van der Waals surface area contributed by atoms with Gasteiger partial charge in [0, 0.05) is 55.8 Å². The van der Waals surface area contributed by atoms with Gasteiger partial charge in [0.15, 0.2) is 0 Å². The van der Waals surface area contributed by atoms with Crippen LogP contribution < -0.4 is 0 Å². The van der Waals surface area contributed by atoms with Gasteiger partial charge in [-0.05, 0) is 41.0 Å². The van der Waals surface area contributed by atoms with Crippen LogP contribution in [0.2, 0.25) is 0 Å². The molecule has 0 saturated carbocycles. The smallest absolute Gasteiger partial charge is 0.333 e. The summed E-state index contributed by atoms with van der Waals surface area (Å²) in [6.07, 6.45) is -9.69. The summed E-state index contributed by atoms with van der Waals surface area (Å²) in [4.78, 5) is 19.5. The molecule has 244 valence electrons. The summed E-state index contributed by atoms with van der Waals surface area (Å²) in [7, 11) is 0. The summed E-state index contributed by atoms with van der Waals surface area (Å²) >= 11 is 1.93. The number of carbonyl (C=O) groups excluding carboxylic acids is 1. The summed E-state index contributed by atoms with van der Waals surface area (Å²) in [6.45, 7) is 4.06. The average molecular weight is 693 g/mol. The van der Waals surface area contributed by atoms with Crippen molar-refractivity contribution < 1.29 is 31.1 Å². The first-order valence-electron chi connectivity index (χ1n) is 14.0. The van der Waals surface area contributed by atoms with Crippen molar-refractivity contribution >= 4 is 53.3 Å². The third-order valence-corrected chi connectivity index (χ3v) is 8.77. The molecule has 5 rings (SSSR count). The maximum absolute atomic E-state index is 13.7. The third kappa shape index (κ3) is 9.46. The van der Waals surface area contributed by atoms with Crippen molar-refractivity contribution in [2.45, 2.75) is 24.8 Å². The van der Waals surface area contributed by atoms with Crippen molar-refractivity contribution in [1.29, 1.82) is 0 Å². The molecular formula is C32H33Cl2F6N3OS. The van der Waals surface area contributed by atoms with Gasteiger partial charge in [0.05, 0.1) is 24.2 Å². The molecule has 2 saturated heterocycles. The van der Waals surface area contributed by atoms with Crippen LogP contribution in [0.3, 0.4) is 0 Å². The highest BCUT2D eigenvalue weighted by atomic mass is 35.5. The fourth-order valence-corrected chi connectivity index (χ4v) is 6.55. The molecule has 1 atom stereocenters. The van der Waals surface area contributed by atoms with Crippen molar-refractivity contribution in [1.82, 2.24) is 14.7 Å². The third-order valence-electron chi connectivity index (χ3n) is 7.83. The number of halogens is 8. The number of amides is 1. The van der Waals surface area contributed by atoms with E-state index in [-0.39, 0.29) is 37.4 Å². The average Bonchev–Trinajstić information content (AvgIpc) is 2.99. The normalized spacial score (nSPS) is 18.0. The fourth-order valence-electron chi connectivity index (χ4n) is 5.57. The molecule has 0 bridgehead atoms. The monoisotopic (exact) mass is 691 g/mol. The number of rotatable bonds is 5. The van der Waals surface area contributed by atoms with Gasteiger partial charge in [-0.1, -0.05) is 54.3 Å². The number of alkyl halides is 6. The summed E-state index contributed by atoms with van der Waals surface area (Å²) < 4.78 is 81.3. The number of hydrogen-bond acceptors (Lipinski definition) is 4. The largest absolute Gasteiger partial charge is 0.416 e. The molecule has 3 aromatic carbocycles. The molecule has 4 nitrogen and oxygen atoms in total. The van der Waals surface area contributed by atoms with E-state index in [1.807, 2.05) is 54.2 Å². The molecule has 45 heavy (non-hydrogen) atoms. The second-order valence-corrected chi connectivity index (χ2v) is 12.0. The second-order valence-electron chi connectivity index (χ2n) is 10.8. The lowest BCUT2D eigenvalue weighted by Gasteiger charge is -2.41. The Bertz CT molecular complexity index is 1480. The first-order chi connectivity index (χ1) is 20.5. The Morgan fingerprint density at radius 1 is 0.778 bits per heavy atom. The molecule has 13 heteroatoms. The number of nitrogens with zero attached hydrogens (tertiary/aromatic N) is 3. The van der Waals surface area contributed by atoms with Crippen LogP contribution in [0.15, 0.2) is 60.7 Å². The Morgan fingerprint density at radius 3 is 2.02 bits per heavy atom. The van der Waals surface area contributed by atoms with Crippen LogP contribution in [0, 0.1) is 11.8 Å². The Hall–Kier alpha value is -2.62. The summed E-state index contributed by atoms with van der Waals surface area (Å²) in [6, 6.07) is 14.1. The minimum atomic E-state index is -5.04. The quantitative estimate of drug-likeness (QED) is 0.210. The van der Waals surface area contributed by atoms with Gasteiger partial charge in [-0.2, -0.15) is 38.1 Å². The molecule has 2 aliphatic rings. The maximum Gasteiger partial charge on any atom is 0.416 e. The van der Waals surface area contributed by atoms with Crippen LogP contribution in [0.25, 0.3) is 10.8 Å². The van der Waals surface area contributed by atoms with Crippen LogP contribution in [0.4, 0.5) is 26.3 Å². The minimum Gasteiger partial charge on any atom is -0.333 e. The molecule has 1 amide bonds. The van der Waals surface area contributed by atoms with Gasteiger partial charge in [-0.15, -0.1) is 24.8 Å². The molecule has 0 N–H and O–H groups in total. The van der Waals surface area contributed by atoms with Crippen LogP contribution in [0.5, 0.6) is 0 Å². The van der Waals surface area contributed by atoms with Crippen LogP contribution >= 0.6 is 36.6 Å². The van der Waals surface area contributed by atoms with E-state index in [1.54, 1.807) is 0 Å². The highest BCUT2D eigenvalue weighted by molar-refractivity contribution is 7.99. The lowest BCUT2D eigenvalue weighted by atomic mass is 9.95. The summed E-state index contributed by atoms with van der Waals surface area (Å²) in [5.74, 6) is 7.76. The van der Waals surface area contributed by atoms with E-state index in [1.165, 1.54) is 4.90 Å². The van der Waals surface area contributed by atoms with Crippen molar-refractivity contribution in [2.24, 2.45) is 0 Å². The molecular weight excluding hydrogens is 659 g/mol. The van der Waals surface area contributed by atoms with Gasteiger partial charge in [-0.25, -0.2) is 0 Å². The zero-order valence-electron chi connectivity index (χ0n) is 24.2. The van der Waals surface area contributed by atoms with Gasteiger partial charge in [0.1, 0.15) is 0 Å². The molecule has 0 aliphatic carbocycles. The standard InChI is InChI=1S/C32H31F6N3OS.2ClH/c33-31(34,35)26-18-25(19-27(21-26)32(36,37)38)30(42)41-13-12-40(11-4-3-10-39-14-16-43-17-15-39)22-28(41)20-24-8-5-7-23-6-1-2-9-29(23)24;;/h1-2,5-9,18-19,21,28H,10-17,20,22H2;2*1H/t28-;;/m1../s1. The van der Waals surface area contributed by atoms with Crippen LogP contribution in [0.1, 0.15) is 27.0 Å². The van der Waals surface area contributed by atoms with Gasteiger partial charge in [0.25, 0.3) is 5.91 Å². The van der Waals surface area contributed by atoms with Gasteiger partial charge < -0.3 is 4.90 Å². The van der Waals surface area contributed by atoms with E-state index in [4.69, 9.17) is 0 Å². The number of fused-ring (bicyclic) bond motifs is 1. The highest BCUT2D eigenvalue weighted by Crippen LogP contribution is 2.37. The predicted molar refractivity (Wildman–Crippen MR) is 171 cm³/mol. The Labute approximate surface area is 275 Å². The Morgan fingerprint density at radius 2 is 1.38 bits per heavy atom. The molecule has 3 aromatic rings. The molecule has 0 aromatic heterocycles. The number of carbonyl (C=O) groups is 1. The molecule has 0 radical (unpaired) electrons. The van der Waals surface area contributed by atoms with Crippen molar-refractivity contribution in [3.05, 3.63) is 82.9 Å². The van der Waals surface area contributed by atoms with Crippen molar-refractivity contribution in [3.8, 4) is 11.8 Å². The van der Waals surface area contributed by atoms with Crippen LogP contribution in [-0.2, 0) is 18.8 Å². The number of benzene rings is 3. The van der Waals surface area contributed by atoms with Gasteiger partial charge >= 0.3 is 12.4 Å². The fraction of sp³-hybridized carbons (Fsp3) is 0.406. The molecule has 2 fully saturated rings. The van der Waals surface area contributed by atoms with E-state index in [0.29, 0.717) is 44.7 Å². The molecule has 2 aliphatic heterocycles.